The summed E-state index contributed by atoms with van der Waals surface area (Å²) in [5.74, 6) is 0.277. The number of amides is 2. The van der Waals surface area contributed by atoms with E-state index in [1.807, 2.05) is 55.6 Å². The molecule has 0 bridgehead atoms. The number of likely N-dealkylation sites (N-methyl/N-ethyl adjacent to an activating group) is 1. The van der Waals surface area contributed by atoms with Gasteiger partial charge in [0.1, 0.15) is 5.75 Å². The van der Waals surface area contributed by atoms with Crippen LogP contribution < -0.4 is 19.5 Å². The summed E-state index contributed by atoms with van der Waals surface area (Å²) >= 11 is 1.63. The van der Waals surface area contributed by atoms with Crippen molar-refractivity contribution in [2.24, 2.45) is 0 Å². The summed E-state index contributed by atoms with van der Waals surface area (Å²) in [7, 11) is 6.34. The zero-order valence-electron chi connectivity index (χ0n) is 21.2. The topological polar surface area (TPSA) is 77.1 Å². The Morgan fingerprint density at radius 3 is 2.17 bits per heavy atom. The number of anilines is 1. The molecule has 2 amide bonds. The Hall–Kier alpha value is -3.65. The van der Waals surface area contributed by atoms with E-state index in [2.05, 4.69) is 5.32 Å². The Kier molecular flexibility index (Phi) is 7.45. The highest BCUT2D eigenvalue weighted by molar-refractivity contribution is 7.98. The van der Waals surface area contributed by atoms with Gasteiger partial charge in [0, 0.05) is 17.5 Å². The first kappa shape index (κ1) is 25.4. The van der Waals surface area contributed by atoms with Crippen molar-refractivity contribution in [2.45, 2.75) is 23.8 Å². The van der Waals surface area contributed by atoms with Crippen molar-refractivity contribution >= 4 is 29.3 Å². The van der Waals surface area contributed by atoms with E-state index >= 15 is 0 Å². The molecule has 188 valence electrons. The summed E-state index contributed by atoms with van der Waals surface area (Å²) in [4.78, 5) is 30.3. The molecule has 7 nitrogen and oxygen atoms in total. The van der Waals surface area contributed by atoms with Crippen molar-refractivity contribution in [1.82, 2.24) is 4.90 Å². The van der Waals surface area contributed by atoms with Crippen LogP contribution in [0.1, 0.15) is 39.0 Å². The van der Waals surface area contributed by atoms with Crippen LogP contribution in [0, 0.1) is 6.92 Å². The maximum atomic E-state index is 14.0. The SMILES string of the molecule is COc1ccc(C)cc1NC(=O)[C@H]1c2cc(OC)c(OC)cc2C(=O)N(C)[C@@H]1c1ccc(SC)cc1. The molecule has 0 fully saturated rings. The molecule has 1 aliphatic heterocycles. The summed E-state index contributed by atoms with van der Waals surface area (Å²) in [6.45, 7) is 1.95. The molecule has 0 spiro atoms. The summed E-state index contributed by atoms with van der Waals surface area (Å²) in [6.07, 6.45) is 2.01. The standard InChI is InChI=1S/C28H30N2O5S/c1-16-7-12-22(33-3)21(13-16)29-27(31)25-19-14-23(34-4)24(35-5)15-20(19)28(32)30(2)26(25)17-8-10-18(36-6)11-9-17/h7-15,25-26H,1-6H3,(H,29,31)/t25-,26+/m0/s1. The van der Waals surface area contributed by atoms with Crippen LogP contribution in [0.5, 0.6) is 17.2 Å². The molecule has 0 radical (unpaired) electrons. The zero-order chi connectivity index (χ0) is 26.0. The fourth-order valence-corrected chi connectivity index (χ4v) is 5.09. The molecule has 0 saturated heterocycles. The van der Waals surface area contributed by atoms with Crippen LogP contribution >= 0.6 is 11.8 Å². The Balaban J connectivity index is 1.89. The second kappa shape index (κ2) is 10.5. The van der Waals surface area contributed by atoms with Gasteiger partial charge in [-0.3, -0.25) is 9.59 Å². The normalized spacial score (nSPS) is 16.8. The fraction of sp³-hybridized carbons (Fsp3) is 0.286. The van der Waals surface area contributed by atoms with Gasteiger partial charge in [0.05, 0.1) is 39.0 Å². The van der Waals surface area contributed by atoms with Gasteiger partial charge in [-0.1, -0.05) is 18.2 Å². The van der Waals surface area contributed by atoms with Crippen molar-refractivity contribution in [3.8, 4) is 17.2 Å². The van der Waals surface area contributed by atoms with Crippen LogP contribution in [-0.4, -0.2) is 51.3 Å². The monoisotopic (exact) mass is 506 g/mol. The molecule has 2 atom stereocenters. The van der Waals surface area contributed by atoms with Gasteiger partial charge in [0.2, 0.25) is 5.91 Å². The van der Waals surface area contributed by atoms with E-state index in [4.69, 9.17) is 14.2 Å². The first-order chi connectivity index (χ1) is 17.3. The number of thioether (sulfide) groups is 1. The Labute approximate surface area is 215 Å². The Morgan fingerprint density at radius 2 is 1.56 bits per heavy atom. The Morgan fingerprint density at radius 1 is 0.917 bits per heavy atom. The number of hydrogen-bond acceptors (Lipinski definition) is 6. The van der Waals surface area contributed by atoms with Crippen molar-refractivity contribution < 1.29 is 23.8 Å². The summed E-state index contributed by atoms with van der Waals surface area (Å²) in [5.41, 5.74) is 3.40. The lowest BCUT2D eigenvalue weighted by Gasteiger charge is -2.40. The zero-order valence-corrected chi connectivity index (χ0v) is 22.1. The third kappa shape index (κ3) is 4.60. The summed E-state index contributed by atoms with van der Waals surface area (Å²) in [6, 6.07) is 16.4. The first-order valence-electron chi connectivity index (χ1n) is 11.5. The molecule has 3 aromatic rings. The lowest BCUT2D eigenvalue weighted by molar-refractivity contribution is -0.119. The first-order valence-corrected chi connectivity index (χ1v) is 12.7. The Bertz CT molecular complexity index is 1290. The number of benzene rings is 3. The number of rotatable bonds is 7. The molecule has 0 aliphatic carbocycles. The molecular weight excluding hydrogens is 476 g/mol. The number of ether oxygens (including phenoxy) is 3. The summed E-state index contributed by atoms with van der Waals surface area (Å²) in [5, 5.41) is 3.06. The van der Waals surface area contributed by atoms with E-state index in [0.717, 1.165) is 16.0 Å². The lowest BCUT2D eigenvalue weighted by atomic mass is 9.79. The highest BCUT2D eigenvalue weighted by Crippen LogP contribution is 2.46. The van der Waals surface area contributed by atoms with Gasteiger partial charge in [0.25, 0.3) is 5.91 Å². The molecule has 8 heteroatoms. The number of methoxy groups -OCH3 is 3. The minimum atomic E-state index is -0.715. The van der Waals surface area contributed by atoms with Crippen molar-refractivity contribution in [2.75, 3.05) is 39.9 Å². The minimum absolute atomic E-state index is 0.193. The number of fused-ring (bicyclic) bond motifs is 1. The average molecular weight is 507 g/mol. The predicted octanol–water partition coefficient (Wildman–Crippen LogP) is 5.29. The van der Waals surface area contributed by atoms with E-state index in [-0.39, 0.29) is 11.8 Å². The lowest BCUT2D eigenvalue weighted by Crippen LogP contribution is -2.44. The molecule has 1 aliphatic rings. The molecule has 0 saturated carbocycles. The molecular formula is C28H30N2O5S. The molecule has 0 aromatic heterocycles. The minimum Gasteiger partial charge on any atom is -0.495 e. The van der Waals surface area contributed by atoms with Gasteiger partial charge in [-0.15, -0.1) is 11.8 Å². The predicted molar refractivity (Wildman–Crippen MR) is 142 cm³/mol. The fourth-order valence-electron chi connectivity index (χ4n) is 4.68. The van der Waals surface area contributed by atoms with Gasteiger partial charge < -0.3 is 24.4 Å². The maximum absolute atomic E-state index is 14.0. The highest BCUT2D eigenvalue weighted by Gasteiger charge is 2.43. The number of nitrogens with one attached hydrogen (secondary N) is 1. The number of carbonyl (C=O) groups excluding carboxylic acids is 2. The van der Waals surface area contributed by atoms with Crippen LogP contribution in [0.3, 0.4) is 0 Å². The molecule has 4 rings (SSSR count). The number of aryl methyl sites for hydroxylation is 1. The molecule has 1 heterocycles. The van der Waals surface area contributed by atoms with Crippen LogP contribution in [0.2, 0.25) is 0 Å². The van der Waals surface area contributed by atoms with Crippen molar-refractivity contribution in [1.29, 1.82) is 0 Å². The quantitative estimate of drug-likeness (QED) is 0.439. The second-order valence-corrected chi connectivity index (χ2v) is 9.48. The van der Waals surface area contributed by atoms with E-state index in [0.29, 0.717) is 34.1 Å². The van der Waals surface area contributed by atoms with Crippen LogP contribution in [0.4, 0.5) is 5.69 Å². The van der Waals surface area contributed by atoms with E-state index in [9.17, 15) is 9.59 Å². The molecule has 0 unspecified atom stereocenters. The molecule has 36 heavy (non-hydrogen) atoms. The van der Waals surface area contributed by atoms with Crippen molar-refractivity contribution in [3.63, 3.8) is 0 Å². The van der Waals surface area contributed by atoms with E-state index in [1.165, 1.54) is 14.2 Å². The van der Waals surface area contributed by atoms with E-state index < -0.39 is 12.0 Å². The number of carbonyl (C=O) groups is 2. The smallest absolute Gasteiger partial charge is 0.254 e. The highest BCUT2D eigenvalue weighted by atomic mass is 32.2. The third-order valence-corrected chi connectivity index (χ3v) is 7.27. The largest absolute Gasteiger partial charge is 0.495 e. The van der Waals surface area contributed by atoms with Crippen molar-refractivity contribution in [3.05, 3.63) is 76.9 Å². The van der Waals surface area contributed by atoms with Gasteiger partial charge in [0.15, 0.2) is 11.5 Å². The van der Waals surface area contributed by atoms with Gasteiger partial charge >= 0.3 is 0 Å². The van der Waals surface area contributed by atoms with Gasteiger partial charge in [-0.2, -0.15) is 0 Å². The average Bonchev–Trinajstić information content (AvgIpc) is 2.90. The number of nitrogens with zero attached hydrogens (tertiary/aromatic N) is 1. The van der Waals surface area contributed by atoms with Gasteiger partial charge in [-0.25, -0.2) is 0 Å². The maximum Gasteiger partial charge on any atom is 0.254 e. The third-order valence-electron chi connectivity index (χ3n) is 6.53. The number of hydrogen-bond donors (Lipinski definition) is 1. The van der Waals surface area contributed by atoms with Crippen LogP contribution in [0.15, 0.2) is 59.5 Å². The molecule has 1 N–H and O–H groups in total. The van der Waals surface area contributed by atoms with Gasteiger partial charge in [-0.05, 0) is 66.3 Å². The van der Waals surface area contributed by atoms with Crippen LogP contribution in [-0.2, 0) is 4.79 Å². The molecule has 3 aromatic carbocycles. The second-order valence-electron chi connectivity index (χ2n) is 8.60. The summed E-state index contributed by atoms with van der Waals surface area (Å²) < 4.78 is 16.5. The van der Waals surface area contributed by atoms with E-state index in [1.54, 1.807) is 43.0 Å². The van der Waals surface area contributed by atoms with Crippen LogP contribution in [0.25, 0.3) is 0 Å².